The first-order valence-electron chi connectivity index (χ1n) is 3.47. The van der Waals surface area contributed by atoms with E-state index in [-0.39, 0.29) is 0 Å². The molecule has 6 atom stereocenters. The summed E-state index contributed by atoms with van der Waals surface area (Å²) < 4.78 is 25.2. The van der Waals surface area contributed by atoms with Crippen molar-refractivity contribution in [1.82, 2.24) is 0 Å². The smallest absolute Gasteiger partial charge is 0.162 e. The molecule has 0 aromatic carbocycles. The molecular formula is C6H10F2O4. The van der Waals surface area contributed by atoms with Crippen LogP contribution in [-0.2, 0) is 0 Å². The zero-order chi connectivity index (χ0) is 9.46. The van der Waals surface area contributed by atoms with Gasteiger partial charge in [0, 0.05) is 0 Å². The van der Waals surface area contributed by atoms with Crippen LogP contribution in [0.1, 0.15) is 0 Å². The molecule has 1 aliphatic rings. The number of rotatable bonds is 0. The summed E-state index contributed by atoms with van der Waals surface area (Å²) in [5.41, 5.74) is 0. The van der Waals surface area contributed by atoms with Crippen LogP contribution in [-0.4, -0.2) is 57.2 Å². The molecule has 0 amide bonds. The lowest BCUT2D eigenvalue weighted by Gasteiger charge is -2.36. The van der Waals surface area contributed by atoms with Gasteiger partial charge in [-0.05, 0) is 0 Å². The first-order chi connectivity index (χ1) is 5.46. The van der Waals surface area contributed by atoms with Gasteiger partial charge in [-0.2, -0.15) is 0 Å². The highest BCUT2D eigenvalue weighted by Crippen LogP contribution is 2.25. The van der Waals surface area contributed by atoms with E-state index < -0.39 is 36.8 Å². The molecule has 1 rings (SSSR count). The minimum Gasteiger partial charge on any atom is -0.387 e. The molecule has 4 N–H and O–H groups in total. The molecule has 1 saturated carbocycles. The van der Waals surface area contributed by atoms with Crippen LogP contribution in [0.5, 0.6) is 0 Å². The van der Waals surface area contributed by atoms with E-state index in [1.807, 2.05) is 0 Å². The summed E-state index contributed by atoms with van der Waals surface area (Å²) in [7, 11) is 0. The minimum atomic E-state index is -2.36. The molecule has 72 valence electrons. The summed E-state index contributed by atoms with van der Waals surface area (Å²) in [6.45, 7) is 0. The molecule has 0 aromatic rings. The highest BCUT2D eigenvalue weighted by molar-refractivity contribution is 4.98. The van der Waals surface area contributed by atoms with Crippen LogP contribution >= 0.6 is 0 Å². The second-order valence-electron chi connectivity index (χ2n) is 2.85. The van der Waals surface area contributed by atoms with Crippen molar-refractivity contribution < 1.29 is 29.2 Å². The summed E-state index contributed by atoms with van der Waals surface area (Å²) in [4.78, 5) is 0. The first kappa shape index (κ1) is 9.79. The summed E-state index contributed by atoms with van der Waals surface area (Å²) in [6, 6.07) is 0. The van der Waals surface area contributed by atoms with E-state index in [0.717, 1.165) is 0 Å². The van der Waals surface area contributed by atoms with Crippen LogP contribution in [0, 0.1) is 0 Å². The molecule has 4 nitrogen and oxygen atoms in total. The summed E-state index contributed by atoms with van der Waals surface area (Å²) in [5, 5.41) is 35.2. The standard InChI is InChI=1S/C6H10F2O4/c7-1-2(8)4(10)6(12)5(11)3(1)9/h1-6,9-12H/t1-,2-,3+,4+,5-,6-/m1/s1. The maximum Gasteiger partial charge on any atom is 0.162 e. The molecule has 1 aliphatic carbocycles. The lowest BCUT2D eigenvalue weighted by molar-refractivity contribution is -0.190. The maximum atomic E-state index is 12.6. The number of hydrogen-bond donors (Lipinski definition) is 4. The van der Waals surface area contributed by atoms with E-state index in [9.17, 15) is 8.78 Å². The Hall–Kier alpha value is -0.300. The van der Waals surface area contributed by atoms with Crippen LogP contribution < -0.4 is 0 Å². The Morgan fingerprint density at radius 2 is 0.833 bits per heavy atom. The molecule has 12 heavy (non-hydrogen) atoms. The molecule has 0 aliphatic heterocycles. The molecule has 0 bridgehead atoms. The van der Waals surface area contributed by atoms with E-state index in [4.69, 9.17) is 20.4 Å². The van der Waals surface area contributed by atoms with Crippen LogP contribution in [0.15, 0.2) is 0 Å². The van der Waals surface area contributed by atoms with E-state index in [1.165, 1.54) is 0 Å². The quantitative estimate of drug-likeness (QED) is 0.355. The Balaban J connectivity index is 2.76. The van der Waals surface area contributed by atoms with Gasteiger partial charge in [0.2, 0.25) is 0 Å². The number of halogens is 2. The molecule has 0 unspecified atom stereocenters. The molecular weight excluding hydrogens is 174 g/mol. The van der Waals surface area contributed by atoms with Crippen molar-refractivity contribution in [1.29, 1.82) is 0 Å². The average Bonchev–Trinajstić information content (AvgIpc) is 2.08. The Morgan fingerprint density at radius 3 is 1.08 bits per heavy atom. The third kappa shape index (κ3) is 1.31. The van der Waals surface area contributed by atoms with E-state index >= 15 is 0 Å². The molecule has 0 radical (unpaired) electrons. The second kappa shape index (κ2) is 3.21. The van der Waals surface area contributed by atoms with Gasteiger partial charge in [0.1, 0.15) is 24.4 Å². The zero-order valence-corrected chi connectivity index (χ0v) is 6.01. The highest BCUT2D eigenvalue weighted by Gasteiger charge is 2.49. The predicted molar refractivity (Wildman–Crippen MR) is 33.8 cm³/mol. The second-order valence-corrected chi connectivity index (χ2v) is 2.85. The Labute approximate surface area is 67.1 Å². The lowest BCUT2D eigenvalue weighted by atomic mass is 9.87. The molecule has 6 heteroatoms. The Morgan fingerprint density at radius 1 is 0.583 bits per heavy atom. The third-order valence-corrected chi connectivity index (χ3v) is 2.01. The fraction of sp³-hybridized carbons (Fsp3) is 1.00. The number of aliphatic hydroxyl groups is 4. The van der Waals surface area contributed by atoms with Crippen molar-refractivity contribution in [2.24, 2.45) is 0 Å². The van der Waals surface area contributed by atoms with Gasteiger partial charge in [0.25, 0.3) is 0 Å². The van der Waals surface area contributed by atoms with Gasteiger partial charge < -0.3 is 20.4 Å². The molecule has 0 heterocycles. The SMILES string of the molecule is O[C@H]1[C@H](O)[C@@H](O)[C@H](F)[C@@H](F)[C@@H]1O. The first-order valence-corrected chi connectivity index (χ1v) is 3.47. The van der Waals surface area contributed by atoms with Gasteiger partial charge in [-0.3, -0.25) is 0 Å². The van der Waals surface area contributed by atoms with Crippen molar-refractivity contribution >= 4 is 0 Å². The predicted octanol–water partition coefficient (Wildman–Crippen LogP) is -1.88. The van der Waals surface area contributed by atoms with Gasteiger partial charge in [-0.15, -0.1) is 0 Å². The minimum absolute atomic E-state index is 1.85. The van der Waals surface area contributed by atoms with E-state index in [0.29, 0.717) is 0 Å². The van der Waals surface area contributed by atoms with Gasteiger partial charge in [0.05, 0.1) is 0 Å². The number of alkyl halides is 2. The summed E-state index contributed by atoms with van der Waals surface area (Å²) >= 11 is 0. The van der Waals surface area contributed by atoms with Crippen molar-refractivity contribution in [3.8, 4) is 0 Å². The van der Waals surface area contributed by atoms with Gasteiger partial charge in [0.15, 0.2) is 12.3 Å². The van der Waals surface area contributed by atoms with Crippen LogP contribution in [0.4, 0.5) is 8.78 Å². The highest BCUT2D eigenvalue weighted by atomic mass is 19.2. The van der Waals surface area contributed by atoms with Crippen LogP contribution in [0.25, 0.3) is 0 Å². The van der Waals surface area contributed by atoms with E-state index in [1.54, 1.807) is 0 Å². The van der Waals surface area contributed by atoms with Crippen LogP contribution in [0.2, 0.25) is 0 Å². The molecule has 0 spiro atoms. The molecule has 1 fully saturated rings. The number of aliphatic hydroxyl groups excluding tert-OH is 4. The van der Waals surface area contributed by atoms with Crippen molar-refractivity contribution in [2.45, 2.75) is 36.8 Å². The topological polar surface area (TPSA) is 80.9 Å². The van der Waals surface area contributed by atoms with Crippen molar-refractivity contribution in [3.63, 3.8) is 0 Å². The number of hydrogen-bond acceptors (Lipinski definition) is 4. The Bertz CT molecular complexity index is 109. The largest absolute Gasteiger partial charge is 0.387 e. The fourth-order valence-electron chi connectivity index (χ4n) is 1.16. The van der Waals surface area contributed by atoms with Gasteiger partial charge >= 0.3 is 0 Å². The molecule has 0 saturated heterocycles. The fourth-order valence-corrected chi connectivity index (χ4v) is 1.16. The normalized spacial score (nSPS) is 55.5. The van der Waals surface area contributed by atoms with Crippen molar-refractivity contribution in [3.05, 3.63) is 0 Å². The lowest BCUT2D eigenvalue weighted by Crippen LogP contribution is -2.60. The summed E-state index contributed by atoms with van der Waals surface area (Å²) in [5.74, 6) is 0. The maximum absolute atomic E-state index is 12.6. The van der Waals surface area contributed by atoms with E-state index in [2.05, 4.69) is 0 Å². The zero-order valence-electron chi connectivity index (χ0n) is 6.01. The Kier molecular flexibility index (Phi) is 2.62. The monoisotopic (exact) mass is 184 g/mol. The van der Waals surface area contributed by atoms with Gasteiger partial charge in [-0.25, -0.2) is 8.78 Å². The summed E-state index contributed by atoms with van der Waals surface area (Å²) in [6.07, 6.45) is -12.4. The van der Waals surface area contributed by atoms with Crippen molar-refractivity contribution in [2.75, 3.05) is 0 Å². The third-order valence-electron chi connectivity index (χ3n) is 2.01. The molecule has 0 aromatic heterocycles. The van der Waals surface area contributed by atoms with Crippen LogP contribution in [0.3, 0.4) is 0 Å². The average molecular weight is 184 g/mol. The van der Waals surface area contributed by atoms with Gasteiger partial charge in [-0.1, -0.05) is 0 Å².